The third kappa shape index (κ3) is 3.74. The maximum atomic E-state index is 12.6. The number of aliphatic carboxylic acids is 1. The van der Waals surface area contributed by atoms with E-state index in [1.165, 1.54) is 52.9 Å². The van der Waals surface area contributed by atoms with Crippen molar-refractivity contribution in [3.63, 3.8) is 0 Å². The van der Waals surface area contributed by atoms with Crippen molar-refractivity contribution in [3.8, 4) is 0 Å². The number of anilines is 2. The topological polar surface area (TPSA) is 60.9 Å². The van der Waals surface area contributed by atoms with Crippen LogP contribution >= 0.6 is 35.7 Å². The molecule has 2 heterocycles. The lowest BCUT2D eigenvalue weighted by Gasteiger charge is -2.27. The van der Waals surface area contributed by atoms with E-state index in [2.05, 4.69) is 47.6 Å². The summed E-state index contributed by atoms with van der Waals surface area (Å²) in [6.07, 6.45) is 7.48. The summed E-state index contributed by atoms with van der Waals surface area (Å²) in [5.74, 6) is -0.921. The van der Waals surface area contributed by atoms with Crippen LogP contribution in [0.1, 0.15) is 36.3 Å². The fourth-order valence-corrected chi connectivity index (χ4v) is 6.63. The molecule has 164 valence electrons. The minimum atomic E-state index is -1.07. The quantitative estimate of drug-likeness (QED) is 0.344. The Balaban J connectivity index is 1.47. The summed E-state index contributed by atoms with van der Waals surface area (Å²) in [4.78, 5) is 29.0. The highest BCUT2D eigenvalue weighted by atomic mass is 32.2. The van der Waals surface area contributed by atoms with E-state index in [1.54, 1.807) is 11.8 Å². The second kappa shape index (κ2) is 8.57. The van der Waals surface area contributed by atoms with Crippen molar-refractivity contribution in [1.29, 1.82) is 0 Å². The number of amides is 1. The molecule has 1 aliphatic carbocycles. The number of carbonyl (C=O) groups excluding carboxylic acids is 1. The van der Waals surface area contributed by atoms with E-state index in [0.717, 1.165) is 10.5 Å². The first-order valence-electron chi connectivity index (χ1n) is 10.5. The van der Waals surface area contributed by atoms with Crippen molar-refractivity contribution >= 4 is 69.4 Å². The van der Waals surface area contributed by atoms with Crippen molar-refractivity contribution in [1.82, 2.24) is 4.90 Å². The van der Waals surface area contributed by atoms with Crippen molar-refractivity contribution < 1.29 is 14.7 Å². The lowest BCUT2D eigenvalue weighted by molar-refractivity contribution is -0.140. The summed E-state index contributed by atoms with van der Waals surface area (Å²) in [6.45, 7) is -0.403. The van der Waals surface area contributed by atoms with Crippen LogP contribution in [0.5, 0.6) is 0 Å². The zero-order valence-electron chi connectivity index (χ0n) is 17.5. The molecule has 0 spiro atoms. The van der Waals surface area contributed by atoms with Crippen molar-refractivity contribution in [2.24, 2.45) is 0 Å². The molecule has 32 heavy (non-hydrogen) atoms. The number of thiocarbonyl (C=S) groups is 1. The zero-order valence-corrected chi connectivity index (χ0v) is 19.9. The van der Waals surface area contributed by atoms with Crippen LogP contribution in [0.4, 0.5) is 11.4 Å². The number of benzene rings is 2. The molecule has 1 saturated carbocycles. The summed E-state index contributed by atoms with van der Waals surface area (Å²) in [6, 6.07) is 15.6. The lowest BCUT2D eigenvalue weighted by atomic mass is 9.96. The Labute approximate surface area is 200 Å². The fourth-order valence-electron chi connectivity index (χ4n) is 4.97. The number of carboxylic acids is 1. The third-order valence-corrected chi connectivity index (χ3v) is 8.46. The second-order valence-electron chi connectivity index (χ2n) is 8.15. The van der Waals surface area contributed by atoms with E-state index >= 15 is 0 Å². The first-order chi connectivity index (χ1) is 15.5. The van der Waals surface area contributed by atoms with Gasteiger partial charge in [0.25, 0.3) is 5.91 Å². The number of carboxylic acid groups (broad SMARTS) is 1. The van der Waals surface area contributed by atoms with E-state index in [9.17, 15) is 9.59 Å². The maximum absolute atomic E-state index is 12.6. The molecular weight excluding hydrogens is 460 g/mol. The summed E-state index contributed by atoms with van der Waals surface area (Å²) >= 11 is 8.12. The van der Waals surface area contributed by atoms with Gasteiger partial charge in [0.05, 0.1) is 4.91 Å². The van der Waals surface area contributed by atoms with Gasteiger partial charge in [-0.1, -0.05) is 36.5 Å². The third-order valence-electron chi connectivity index (χ3n) is 6.34. The Morgan fingerprint density at radius 1 is 1.25 bits per heavy atom. The van der Waals surface area contributed by atoms with Gasteiger partial charge in [-0.15, -0.1) is 11.8 Å². The smallest absolute Gasteiger partial charge is 0.323 e. The first kappa shape index (κ1) is 21.6. The van der Waals surface area contributed by atoms with Gasteiger partial charge in [0.15, 0.2) is 0 Å². The number of fused-ring (bicyclic) bond motifs is 3. The molecule has 3 aliphatic rings. The monoisotopic (exact) mass is 482 g/mol. The highest BCUT2D eigenvalue weighted by molar-refractivity contribution is 8.26. The molecule has 1 N–H and O–H groups in total. The predicted molar refractivity (Wildman–Crippen MR) is 135 cm³/mol. The molecule has 2 atom stereocenters. The molecule has 2 aliphatic heterocycles. The van der Waals surface area contributed by atoms with E-state index in [-0.39, 0.29) is 5.91 Å². The molecule has 2 aromatic carbocycles. The van der Waals surface area contributed by atoms with E-state index < -0.39 is 12.5 Å². The Morgan fingerprint density at radius 2 is 2.03 bits per heavy atom. The minimum Gasteiger partial charge on any atom is -0.480 e. The van der Waals surface area contributed by atoms with Gasteiger partial charge in [-0.25, -0.2) is 0 Å². The first-order valence-corrected chi connectivity index (χ1v) is 13.0. The van der Waals surface area contributed by atoms with E-state index in [0.29, 0.717) is 21.2 Å². The Morgan fingerprint density at radius 3 is 2.75 bits per heavy atom. The molecule has 2 aromatic rings. The fraction of sp³-hybridized carbons (Fsp3) is 0.292. The average Bonchev–Trinajstić information content (AvgIpc) is 3.44. The van der Waals surface area contributed by atoms with Gasteiger partial charge in [-0.2, -0.15) is 0 Å². The number of nitrogens with zero attached hydrogens (tertiary/aromatic N) is 2. The molecule has 8 heteroatoms. The van der Waals surface area contributed by atoms with Gasteiger partial charge in [-0.3, -0.25) is 14.5 Å². The standard InChI is InChI=1S/C24H22N2O3S3/c1-31-16-8-6-15(7-9-16)26-19-4-2-3-17(19)18-11-14(5-10-20(18)26)12-21-23(29)25(13-22(27)28)24(30)32-21/h5-12,17,19H,2-4,13H2,1H3,(H,27,28). The summed E-state index contributed by atoms with van der Waals surface area (Å²) in [5, 5.41) is 9.04. The Hall–Kier alpha value is -2.29. The maximum Gasteiger partial charge on any atom is 0.323 e. The molecule has 0 aromatic heterocycles. The summed E-state index contributed by atoms with van der Waals surface area (Å²) in [7, 11) is 0. The normalized spacial score (nSPS) is 23.2. The van der Waals surface area contributed by atoms with Crippen molar-refractivity contribution in [2.45, 2.75) is 36.1 Å². The summed E-state index contributed by atoms with van der Waals surface area (Å²) in [5.41, 5.74) is 4.74. The van der Waals surface area contributed by atoms with Crippen LogP contribution in [0.25, 0.3) is 6.08 Å². The van der Waals surface area contributed by atoms with E-state index in [4.69, 9.17) is 17.3 Å². The van der Waals surface area contributed by atoms with Crippen LogP contribution in [0, 0.1) is 0 Å². The van der Waals surface area contributed by atoms with Gasteiger partial charge in [0, 0.05) is 28.2 Å². The van der Waals surface area contributed by atoms with Crippen molar-refractivity contribution in [3.05, 3.63) is 58.5 Å². The van der Waals surface area contributed by atoms with Gasteiger partial charge >= 0.3 is 5.97 Å². The predicted octanol–water partition coefficient (Wildman–Crippen LogP) is 5.48. The number of rotatable bonds is 5. The SMILES string of the molecule is CSc1ccc(N2c3ccc(C=C4SC(=S)N(CC(=O)O)C4=O)cc3C3CCCC32)cc1. The highest BCUT2D eigenvalue weighted by Crippen LogP contribution is 2.52. The highest BCUT2D eigenvalue weighted by Gasteiger charge is 2.42. The lowest BCUT2D eigenvalue weighted by Crippen LogP contribution is -2.33. The van der Waals surface area contributed by atoms with Crippen LogP contribution in [0.2, 0.25) is 0 Å². The molecule has 2 unspecified atom stereocenters. The molecule has 0 radical (unpaired) electrons. The van der Waals surface area contributed by atoms with Gasteiger partial charge in [0.1, 0.15) is 10.9 Å². The number of hydrogen-bond acceptors (Lipinski definition) is 6. The molecule has 0 bridgehead atoms. The van der Waals surface area contributed by atoms with Crippen LogP contribution in [0.3, 0.4) is 0 Å². The van der Waals surface area contributed by atoms with Gasteiger partial charge < -0.3 is 10.0 Å². The zero-order chi connectivity index (χ0) is 22.4. The van der Waals surface area contributed by atoms with Gasteiger partial charge in [-0.05, 0) is 72.7 Å². The van der Waals surface area contributed by atoms with Crippen LogP contribution < -0.4 is 4.90 Å². The Kier molecular flexibility index (Phi) is 5.77. The summed E-state index contributed by atoms with van der Waals surface area (Å²) < 4.78 is 0.292. The Bertz CT molecular complexity index is 1150. The van der Waals surface area contributed by atoms with Gasteiger partial charge in [0.2, 0.25) is 0 Å². The average molecular weight is 483 g/mol. The number of thioether (sulfide) groups is 2. The second-order valence-corrected chi connectivity index (χ2v) is 10.7. The molecule has 2 fully saturated rings. The van der Waals surface area contributed by atoms with Crippen LogP contribution in [-0.2, 0) is 9.59 Å². The van der Waals surface area contributed by atoms with Crippen LogP contribution in [-0.4, -0.2) is 45.0 Å². The molecular formula is C24H22N2O3S3. The largest absolute Gasteiger partial charge is 0.480 e. The molecule has 1 saturated heterocycles. The van der Waals surface area contributed by atoms with E-state index in [1.807, 2.05) is 12.1 Å². The minimum absolute atomic E-state index is 0.292. The van der Waals surface area contributed by atoms with Crippen LogP contribution in [0.15, 0.2) is 52.3 Å². The molecule has 1 amide bonds. The van der Waals surface area contributed by atoms with Crippen molar-refractivity contribution in [2.75, 3.05) is 17.7 Å². The molecule has 5 rings (SSSR count). The number of hydrogen-bond donors (Lipinski definition) is 1. The number of carbonyl (C=O) groups is 2. The molecule has 5 nitrogen and oxygen atoms in total.